The molecular weight excluding hydrogens is 396 g/mol. The number of aliphatic hydroxyl groups excluding tert-OH is 1. The fourth-order valence-corrected chi connectivity index (χ4v) is 2.98. The van der Waals surface area contributed by atoms with Crippen molar-refractivity contribution in [1.82, 2.24) is 10.6 Å². The van der Waals surface area contributed by atoms with Gasteiger partial charge >= 0.3 is 5.97 Å². The van der Waals surface area contributed by atoms with E-state index >= 15 is 0 Å². The lowest BCUT2D eigenvalue weighted by molar-refractivity contribution is -0.142. The van der Waals surface area contributed by atoms with Crippen molar-refractivity contribution < 1.29 is 38.9 Å². The van der Waals surface area contributed by atoms with Crippen LogP contribution in [0.3, 0.4) is 0 Å². The van der Waals surface area contributed by atoms with E-state index in [1.165, 1.54) is 7.11 Å². The molecule has 2 rings (SSSR count). The number of methoxy groups -OCH3 is 1. The fourth-order valence-electron chi connectivity index (χ4n) is 2.98. The van der Waals surface area contributed by atoms with Crippen LogP contribution < -0.4 is 15.4 Å². The molecule has 0 bridgehead atoms. The molecule has 1 aliphatic rings. The van der Waals surface area contributed by atoms with E-state index in [2.05, 4.69) is 15.4 Å². The molecule has 10 heteroatoms. The Balaban J connectivity index is 0.00000141. The molecule has 1 aromatic carbocycles. The number of ether oxygens (including phenoxy) is 2. The summed E-state index contributed by atoms with van der Waals surface area (Å²) < 4.78 is 9.97. The van der Waals surface area contributed by atoms with Gasteiger partial charge in [-0.3, -0.25) is 19.2 Å². The summed E-state index contributed by atoms with van der Waals surface area (Å²) in [7, 11) is 1.25. The molecule has 3 atom stereocenters. The first kappa shape index (κ1) is 24.9. The first-order chi connectivity index (χ1) is 14.4. The number of rotatable bonds is 8. The third kappa shape index (κ3) is 9.37. The zero-order valence-corrected chi connectivity index (χ0v) is 16.8. The third-order valence-electron chi connectivity index (χ3n) is 4.51. The summed E-state index contributed by atoms with van der Waals surface area (Å²) in [5.41, 5.74) is 0. The Morgan fingerprint density at radius 3 is 2.50 bits per heavy atom. The molecule has 0 aromatic heterocycles. The monoisotopic (exact) mass is 424 g/mol. The number of hydrogen-bond acceptors (Lipinski definition) is 7. The summed E-state index contributed by atoms with van der Waals surface area (Å²) in [6.07, 6.45) is 0.671. The van der Waals surface area contributed by atoms with Gasteiger partial charge in [0.2, 0.25) is 11.8 Å². The van der Waals surface area contributed by atoms with Gasteiger partial charge in [-0.25, -0.2) is 0 Å². The summed E-state index contributed by atoms with van der Waals surface area (Å²) in [5, 5.41) is 22.3. The molecule has 0 saturated heterocycles. The maximum absolute atomic E-state index is 12.2. The van der Waals surface area contributed by atoms with Crippen molar-refractivity contribution in [2.24, 2.45) is 5.92 Å². The van der Waals surface area contributed by atoms with E-state index in [0.717, 1.165) is 0 Å². The van der Waals surface area contributed by atoms with E-state index < -0.39 is 18.1 Å². The highest BCUT2D eigenvalue weighted by atomic mass is 16.5. The molecule has 0 aliphatic heterocycles. The van der Waals surface area contributed by atoms with Crippen molar-refractivity contribution in [2.45, 2.75) is 37.8 Å². The lowest BCUT2D eigenvalue weighted by atomic mass is 9.83. The standard InChI is InChI=1S/C19H26N2O6.CH2O2/c1-26-18(24)12-20-19(25)13-7-8-16(22)15(11-13)21-17(23)9-10-27-14-5-3-2-4-6-14;2-1-3/h2-6,13,15-16,22H,7-12H2,1H3,(H,20,25)(H,21,23);1H,(H,2,3)/t13-,15+,16+;/m0./s1. The Labute approximate surface area is 174 Å². The number of carbonyl (C=O) groups excluding carboxylic acids is 3. The molecule has 166 valence electrons. The van der Waals surface area contributed by atoms with Gasteiger partial charge in [0.05, 0.1) is 32.3 Å². The van der Waals surface area contributed by atoms with E-state index in [9.17, 15) is 19.5 Å². The van der Waals surface area contributed by atoms with Gasteiger partial charge in [-0.1, -0.05) is 18.2 Å². The lowest BCUT2D eigenvalue weighted by Crippen LogP contribution is -2.50. The summed E-state index contributed by atoms with van der Waals surface area (Å²) in [5.74, 6) is -0.735. The third-order valence-corrected chi connectivity index (χ3v) is 4.51. The Hall–Kier alpha value is -3.14. The van der Waals surface area contributed by atoms with Crippen LogP contribution in [0, 0.1) is 5.92 Å². The molecule has 4 N–H and O–H groups in total. The van der Waals surface area contributed by atoms with Crippen molar-refractivity contribution in [3.05, 3.63) is 30.3 Å². The van der Waals surface area contributed by atoms with Crippen molar-refractivity contribution in [3.63, 3.8) is 0 Å². The van der Waals surface area contributed by atoms with Crippen molar-refractivity contribution >= 4 is 24.3 Å². The molecule has 10 nitrogen and oxygen atoms in total. The molecule has 0 unspecified atom stereocenters. The summed E-state index contributed by atoms with van der Waals surface area (Å²) in [4.78, 5) is 43.7. The summed E-state index contributed by atoms with van der Waals surface area (Å²) >= 11 is 0. The van der Waals surface area contributed by atoms with Crippen LogP contribution in [0.15, 0.2) is 30.3 Å². The van der Waals surface area contributed by atoms with Crippen molar-refractivity contribution in [2.75, 3.05) is 20.3 Å². The van der Waals surface area contributed by atoms with Crippen LogP contribution in [0.5, 0.6) is 5.75 Å². The number of carboxylic acid groups (broad SMARTS) is 1. The Morgan fingerprint density at radius 1 is 1.20 bits per heavy atom. The summed E-state index contributed by atoms with van der Waals surface area (Å²) in [6.45, 7) is -0.218. The number of hydrogen-bond donors (Lipinski definition) is 4. The molecule has 0 heterocycles. The van der Waals surface area contributed by atoms with Gasteiger partial charge in [0, 0.05) is 5.92 Å². The number of amides is 2. The van der Waals surface area contributed by atoms with E-state index in [0.29, 0.717) is 25.0 Å². The average molecular weight is 424 g/mol. The Morgan fingerprint density at radius 2 is 1.87 bits per heavy atom. The van der Waals surface area contributed by atoms with Crippen LogP contribution in [0.4, 0.5) is 0 Å². The highest BCUT2D eigenvalue weighted by Gasteiger charge is 2.33. The molecule has 30 heavy (non-hydrogen) atoms. The second-order valence-electron chi connectivity index (χ2n) is 6.56. The largest absolute Gasteiger partial charge is 0.493 e. The van der Waals surface area contributed by atoms with E-state index in [1.807, 2.05) is 18.2 Å². The van der Waals surface area contributed by atoms with Crippen LogP contribution in [0.25, 0.3) is 0 Å². The maximum Gasteiger partial charge on any atom is 0.325 e. The molecular formula is C20H28N2O8. The number of benzene rings is 1. The molecule has 0 radical (unpaired) electrons. The second-order valence-corrected chi connectivity index (χ2v) is 6.56. The molecule has 1 saturated carbocycles. The van der Waals surface area contributed by atoms with E-state index in [-0.39, 0.29) is 43.8 Å². The number of carbonyl (C=O) groups is 4. The van der Waals surface area contributed by atoms with Gasteiger partial charge < -0.3 is 30.3 Å². The topological polar surface area (TPSA) is 151 Å². The number of nitrogens with one attached hydrogen (secondary N) is 2. The minimum absolute atomic E-state index is 0.150. The zero-order valence-electron chi connectivity index (χ0n) is 16.8. The second kappa shape index (κ2) is 13.9. The molecule has 1 fully saturated rings. The number of para-hydroxylation sites is 1. The fraction of sp³-hybridized carbons (Fsp3) is 0.500. The minimum Gasteiger partial charge on any atom is -0.493 e. The quantitative estimate of drug-likeness (QED) is 0.339. The minimum atomic E-state index is -0.700. The molecule has 0 spiro atoms. The maximum atomic E-state index is 12.2. The van der Waals surface area contributed by atoms with E-state index in [4.69, 9.17) is 14.6 Å². The normalized spacial score (nSPS) is 20.0. The predicted molar refractivity (Wildman–Crippen MR) is 106 cm³/mol. The number of esters is 1. The Bertz CT molecular complexity index is 683. The van der Waals surface area contributed by atoms with Crippen LogP contribution in [-0.4, -0.2) is 66.9 Å². The van der Waals surface area contributed by atoms with Crippen LogP contribution in [0.2, 0.25) is 0 Å². The zero-order chi connectivity index (χ0) is 22.4. The van der Waals surface area contributed by atoms with Gasteiger partial charge in [0.25, 0.3) is 6.47 Å². The van der Waals surface area contributed by atoms with Crippen LogP contribution in [-0.2, 0) is 23.9 Å². The first-order valence-corrected chi connectivity index (χ1v) is 9.48. The lowest BCUT2D eigenvalue weighted by Gasteiger charge is -2.33. The smallest absolute Gasteiger partial charge is 0.325 e. The van der Waals surface area contributed by atoms with Gasteiger partial charge in [-0.05, 0) is 31.4 Å². The van der Waals surface area contributed by atoms with Gasteiger partial charge in [0.15, 0.2) is 0 Å². The van der Waals surface area contributed by atoms with E-state index in [1.54, 1.807) is 12.1 Å². The Kier molecular flexibility index (Phi) is 11.6. The highest BCUT2D eigenvalue weighted by Crippen LogP contribution is 2.25. The van der Waals surface area contributed by atoms with Crippen molar-refractivity contribution in [1.29, 1.82) is 0 Å². The highest BCUT2D eigenvalue weighted by molar-refractivity contribution is 5.83. The summed E-state index contributed by atoms with van der Waals surface area (Å²) in [6, 6.07) is 8.68. The van der Waals surface area contributed by atoms with Gasteiger partial charge in [0.1, 0.15) is 12.3 Å². The molecule has 2 amide bonds. The first-order valence-electron chi connectivity index (χ1n) is 9.48. The van der Waals surface area contributed by atoms with Gasteiger partial charge in [-0.15, -0.1) is 0 Å². The van der Waals surface area contributed by atoms with Crippen molar-refractivity contribution in [3.8, 4) is 5.75 Å². The van der Waals surface area contributed by atoms with Crippen LogP contribution in [0.1, 0.15) is 25.7 Å². The molecule has 1 aromatic rings. The average Bonchev–Trinajstić information content (AvgIpc) is 2.74. The molecule has 1 aliphatic carbocycles. The SMILES string of the molecule is COC(=O)CNC(=O)[C@H]1CC[C@@H](O)[C@H](NC(=O)CCOc2ccccc2)C1.O=CO. The number of aliphatic hydroxyl groups is 1. The van der Waals surface area contributed by atoms with Crippen LogP contribution >= 0.6 is 0 Å². The van der Waals surface area contributed by atoms with Gasteiger partial charge in [-0.2, -0.15) is 0 Å². The predicted octanol–water partition coefficient (Wildman–Crippen LogP) is 0.0913.